The van der Waals surface area contributed by atoms with E-state index in [4.69, 9.17) is 0 Å². The number of H-pyrrole nitrogens is 3. The van der Waals surface area contributed by atoms with Gasteiger partial charge in [0.25, 0.3) is 0 Å². The highest BCUT2D eigenvalue weighted by molar-refractivity contribution is 6.07. The van der Waals surface area contributed by atoms with Gasteiger partial charge in [0.2, 0.25) is 0 Å². The molecule has 1 saturated carbocycles. The molecule has 0 radical (unpaired) electrons. The van der Waals surface area contributed by atoms with Gasteiger partial charge in [0.15, 0.2) is 0 Å². The van der Waals surface area contributed by atoms with Crippen molar-refractivity contribution in [3.63, 3.8) is 0 Å². The summed E-state index contributed by atoms with van der Waals surface area (Å²) in [4.78, 5) is 22.1. The average Bonchev–Trinajstić information content (AvgIpc) is 3.57. The second-order valence-electron chi connectivity index (χ2n) is 9.09. The van der Waals surface area contributed by atoms with Gasteiger partial charge in [-0.05, 0) is 72.7 Å². The van der Waals surface area contributed by atoms with Gasteiger partial charge in [0.1, 0.15) is 11.5 Å². The van der Waals surface area contributed by atoms with Crippen LogP contribution >= 0.6 is 0 Å². The third-order valence-electron chi connectivity index (χ3n) is 7.00. The molecule has 0 saturated heterocycles. The van der Waals surface area contributed by atoms with E-state index in [0.29, 0.717) is 16.8 Å². The molecule has 5 nitrogen and oxygen atoms in total. The zero-order chi connectivity index (χ0) is 22.7. The first-order valence-electron chi connectivity index (χ1n) is 11.4. The van der Waals surface area contributed by atoms with Crippen molar-refractivity contribution in [2.75, 3.05) is 0 Å². The second-order valence-corrected chi connectivity index (χ2v) is 9.09. The number of aromatic carboxylic acids is 1. The van der Waals surface area contributed by atoms with E-state index in [-0.39, 0.29) is 17.4 Å². The van der Waals surface area contributed by atoms with Crippen LogP contribution in [0.2, 0.25) is 0 Å². The molecule has 5 aromatic rings. The topological polar surface area (TPSA) is 84.7 Å². The van der Waals surface area contributed by atoms with E-state index in [1.165, 1.54) is 12.1 Å². The minimum absolute atomic E-state index is 0.160. The number of carboxylic acid groups (broad SMARTS) is 1. The molecule has 0 spiro atoms. The molecule has 3 heterocycles. The summed E-state index contributed by atoms with van der Waals surface area (Å²) >= 11 is 0. The molecule has 1 aliphatic carbocycles. The minimum atomic E-state index is -1.01. The highest BCUT2D eigenvalue weighted by Gasteiger charge is 2.32. The Bertz CT molecular complexity index is 1530. The number of halogens is 1. The van der Waals surface area contributed by atoms with Crippen LogP contribution in [0.1, 0.15) is 53.2 Å². The Labute approximate surface area is 189 Å². The lowest BCUT2D eigenvalue weighted by atomic mass is 9.86. The lowest BCUT2D eigenvalue weighted by Crippen LogP contribution is -2.01. The Kier molecular flexibility index (Phi) is 4.43. The number of benzene rings is 2. The zero-order valence-corrected chi connectivity index (χ0v) is 18.3. The molecule has 0 bridgehead atoms. The molecule has 0 atom stereocenters. The highest BCUT2D eigenvalue weighted by atomic mass is 19.1. The SMILES string of the molecule is Cc1cc(-c2c(C(=O)O)[nH]c(-c3cc(F)cc4[nH]ccc34)c2C2CCCC2)c2cc[nH]c2c1. The highest BCUT2D eigenvalue weighted by Crippen LogP contribution is 2.48. The maximum Gasteiger partial charge on any atom is 0.352 e. The van der Waals surface area contributed by atoms with Crippen molar-refractivity contribution < 1.29 is 14.3 Å². The maximum atomic E-state index is 14.6. The molecular formula is C27H24FN3O2. The van der Waals surface area contributed by atoms with Crippen molar-refractivity contribution in [2.24, 2.45) is 0 Å². The lowest BCUT2D eigenvalue weighted by molar-refractivity contribution is 0.0692. The summed E-state index contributed by atoms with van der Waals surface area (Å²) in [5.74, 6) is -1.15. The fraction of sp³-hybridized carbons (Fsp3) is 0.222. The van der Waals surface area contributed by atoms with Gasteiger partial charge in [0.05, 0.1) is 5.69 Å². The first kappa shape index (κ1) is 19.9. The molecule has 2 aromatic carbocycles. The maximum absolute atomic E-state index is 14.6. The van der Waals surface area contributed by atoms with Gasteiger partial charge in [-0.15, -0.1) is 0 Å². The number of nitrogens with one attached hydrogen (secondary N) is 3. The van der Waals surface area contributed by atoms with Crippen molar-refractivity contribution in [2.45, 2.75) is 38.5 Å². The number of rotatable bonds is 4. The number of aromatic nitrogens is 3. The van der Waals surface area contributed by atoms with Crippen LogP contribution in [-0.2, 0) is 0 Å². The summed E-state index contributed by atoms with van der Waals surface area (Å²) in [7, 11) is 0. The molecule has 0 amide bonds. The number of fused-ring (bicyclic) bond motifs is 2. The number of hydrogen-bond acceptors (Lipinski definition) is 1. The summed E-state index contributed by atoms with van der Waals surface area (Å²) in [5.41, 5.74) is 6.90. The van der Waals surface area contributed by atoms with Crippen molar-refractivity contribution in [1.82, 2.24) is 15.0 Å². The predicted molar refractivity (Wildman–Crippen MR) is 128 cm³/mol. The summed E-state index contributed by atoms with van der Waals surface area (Å²) in [5, 5.41) is 12.1. The molecule has 166 valence electrons. The van der Waals surface area contributed by atoms with Gasteiger partial charge in [-0.2, -0.15) is 0 Å². The minimum Gasteiger partial charge on any atom is -0.477 e. The fourth-order valence-corrected chi connectivity index (χ4v) is 5.65. The van der Waals surface area contributed by atoms with Crippen LogP contribution in [0.4, 0.5) is 4.39 Å². The monoisotopic (exact) mass is 441 g/mol. The fourth-order valence-electron chi connectivity index (χ4n) is 5.65. The number of carbonyl (C=O) groups is 1. The Morgan fingerprint density at radius 3 is 2.33 bits per heavy atom. The Balaban J connectivity index is 1.74. The summed E-state index contributed by atoms with van der Waals surface area (Å²) in [6.07, 6.45) is 7.86. The van der Waals surface area contributed by atoms with Crippen LogP contribution in [-0.4, -0.2) is 26.0 Å². The molecular weight excluding hydrogens is 417 g/mol. The lowest BCUT2D eigenvalue weighted by Gasteiger charge is -2.16. The van der Waals surface area contributed by atoms with Crippen LogP contribution in [0.15, 0.2) is 48.8 Å². The summed E-state index contributed by atoms with van der Waals surface area (Å²) < 4.78 is 14.6. The molecule has 6 rings (SSSR count). The molecule has 0 aliphatic heterocycles. The van der Waals surface area contributed by atoms with Gasteiger partial charge in [-0.25, -0.2) is 9.18 Å². The van der Waals surface area contributed by atoms with Crippen LogP contribution < -0.4 is 0 Å². The van der Waals surface area contributed by atoms with Gasteiger partial charge in [-0.3, -0.25) is 0 Å². The quantitative estimate of drug-likeness (QED) is 0.239. The molecule has 0 unspecified atom stereocenters. The third-order valence-corrected chi connectivity index (χ3v) is 7.00. The summed E-state index contributed by atoms with van der Waals surface area (Å²) in [6, 6.07) is 11.0. The van der Waals surface area contributed by atoms with Crippen molar-refractivity contribution in [3.8, 4) is 22.4 Å². The van der Waals surface area contributed by atoms with E-state index in [1.807, 2.05) is 25.3 Å². The standard InChI is InChI=1S/C27H24FN3O2/c1-14-10-19(17-6-8-29-21(17)11-14)24-23(15-4-2-3-5-15)25(31-26(24)27(32)33)20-12-16(28)13-22-18(20)7-9-30-22/h6-13,15,29-31H,2-5H2,1H3,(H,32,33). The van der Waals surface area contributed by atoms with E-state index in [1.54, 1.807) is 6.20 Å². The van der Waals surface area contributed by atoms with E-state index >= 15 is 0 Å². The van der Waals surface area contributed by atoms with Crippen molar-refractivity contribution >= 4 is 27.8 Å². The molecule has 33 heavy (non-hydrogen) atoms. The van der Waals surface area contributed by atoms with Crippen LogP contribution in [0.25, 0.3) is 44.2 Å². The Morgan fingerprint density at radius 1 is 0.970 bits per heavy atom. The molecule has 3 aromatic heterocycles. The first-order valence-corrected chi connectivity index (χ1v) is 11.4. The number of carboxylic acids is 1. The van der Waals surface area contributed by atoms with Crippen LogP contribution in [0.5, 0.6) is 0 Å². The van der Waals surface area contributed by atoms with E-state index < -0.39 is 5.97 Å². The largest absolute Gasteiger partial charge is 0.477 e. The molecule has 1 aliphatic rings. The second kappa shape index (κ2) is 7.37. The van der Waals surface area contributed by atoms with E-state index in [2.05, 4.69) is 27.1 Å². The number of aryl methyl sites for hydroxylation is 1. The van der Waals surface area contributed by atoms with Gasteiger partial charge >= 0.3 is 5.97 Å². The Hall–Kier alpha value is -3.80. The normalized spacial score (nSPS) is 14.6. The smallest absolute Gasteiger partial charge is 0.352 e. The summed E-state index contributed by atoms with van der Waals surface area (Å²) in [6.45, 7) is 2.02. The van der Waals surface area contributed by atoms with E-state index in [9.17, 15) is 14.3 Å². The number of hydrogen-bond donors (Lipinski definition) is 4. The average molecular weight is 442 g/mol. The van der Waals surface area contributed by atoms with E-state index in [0.717, 1.165) is 64.2 Å². The van der Waals surface area contributed by atoms with Gasteiger partial charge in [-0.1, -0.05) is 18.9 Å². The predicted octanol–water partition coefficient (Wildman–Crippen LogP) is 7.11. The molecule has 1 fully saturated rings. The number of aromatic amines is 3. The molecule has 4 N–H and O–H groups in total. The van der Waals surface area contributed by atoms with Crippen molar-refractivity contribution in [1.29, 1.82) is 0 Å². The first-order chi connectivity index (χ1) is 16.0. The van der Waals surface area contributed by atoms with Crippen LogP contribution in [0.3, 0.4) is 0 Å². The van der Waals surface area contributed by atoms with Gasteiger partial charge in [0, 0.05) is 45.3 Å². The van der Waals surface area contributed by atoms with Gasteiger partial charge < -0.3 is 20.1 Å². The van der Waals surface area contributed by atoms with Crippen molar-refractivity contribution in [3.05, 3.63) is 71.4 Å². The van der Waals surface area contributed by atoms with Crippen LogP contribution in [0, 0.1) is 12.7 Å². The Morgan fingerprint density at radius 2 is 1.64 bits per heavy atom. The third kappa shape index (κ3) is 3.09. The molecule has 6 heteroatoms. The zero-order valence-electron chi connectivity index (χ0n) is 18.3.